The van der Waals surface area contributed by atoms with Crippen molar-refractivity contribution in [1.82, 2.24) is 0 Å². The monoisotopic (exact) mass is 344 g/mol. The van der Waals surface area contributed by atoms with E-state index in [2.05, 4.69) is 31.8 Å². The number of carbonyl (C=O) groups is 1. The first-order valence-corrected chi connectivity index (χ1v) is 12.0. The van der Waals surface area contributed by atoms with Crippen LogP contribution < -0.4 is 0 Å². The van der Waals surface area contributed by atoms with E-state index in [1.165, 1.54) is 29.8 Å². The predicted octanol–water partition coefficient (Wildman–Crippen LogP) is 5.70. The number of benzene rings is 2. The molecule has 2 aromatic rings. The van der Waals surface area contributed by atoms with E-state index < -0.39 is 8.07 Å². The Morgan fingerprint density at radius 1 is 1.04 bits per heavy atom. The maximum Gasteiger partial charge on any atom is 0.186 e. The Morgan fingerprint density at radius 2 is 1.65 bits per heavy atom. The Hall–Kier alpha value is -1.65. The van der Waals surface area contributed by atoms with E-state index in [9.17, 15) is 9.18 Å². The molecule has 0 heterocycles. The van der Waals surface area contributed by atoms with Gasteiger partial charge in [0, 0.05) is 11.3 Å². The Morgan fingerprint density at radius 3 is 2.22 bits per heavy atom. The molecule has 0 fully saturated rings. The molecular weight excluding hydrogens is 323 g/mol. The largest absolute Gasteiger partial charge is 0.289 e. The molecule has 0 atom stereocenters. The topological polar surface area (TPSA) is 17.1 Å². The molecule has 0 radical (unpaired) electrons. The molecule has 4 heteroatoms. The predicted molar refractivity (Wildman–Crippen MR) is 99.9 cm³/mol. The minimum atomic E-state index is -1.62. The van der Waals surface area contributed by atoms with E-state index in [0.717, 1.165) is 10.3 Å². The van der Waals surface area contributed by atoms with Gasteiger partial charge in [-0.15, -0.1) is 11.8 Å². The molecule has 23 heavy (non-hydrogen) atoms. The summed E-state index contributed by atoms with van der Waals surface area (Å²) in [5.74, 6) is 0.477. The maximum atomic E-state index is 13.0. The average molecular weight is 345 g/mol. The molecule has 2 rings (SSSR count). The minimum absolute atomic E-state index is 0.0528. The summed E-state index contributed by atoms with van der Waals surface area (Å²) < 4.78 is 14.1. The molecule has 0 N–H and O–H groups in total. The van der Waals surface area contributed by atoms with Crippen LogP contribution in [0.1, 0.15) is 15.9 Å². The normalized spacial score (nSPS) is 12.3. The van der Waals surface area contributed by atoms with Crippen LogP contribution in [0.5, 0.6) is 0 Å². The van der Waals surface area contributed by atoms with Gasteiger partial charge in [-0.2, -0.15) is 0 Å². The summed E-state index contributed by atoms with van der Waals surface area (Å²) >= 11 is 1.74. The standard InChI is InChI=1S/C19H21FOSSi/c1-23(2,3)19(22-14-15-7-5-4-6-8-15)13-18(21)16-9-11-17(20)12-10-16/h4-13H,14H2,1-3H3/b19-13-. The van der Waals surface area contributed by atoms with Crippen molar-refractivity contribution in [2.45, 2.75) is 25.4 Å². The Kier molecular flexibility index (Phi) is 5.96. The van der Waals surface area contributed by atoms with Gasteiger partial charge in [0.2, 0.25) is 0 Å². The maximum absolute atomic E-state index is 13.0. The van der Waals surface area contributed by atoms with Crippen LogP contribution in [-0.2, 0) is 5.75 Å². The van der Waals surface area contributed by atoms with Crippen molar-refractivity contribution < 1.29 is 9.18 Å². The molecule has 0 aromatic heterocycles. The van der Waals surface area contributed by atoms with Crippen LogP contribution in [0.15, 0.2) is 65.2 Å². The molecule has 0 aliphatic carbocycles. The van der Waals surface area contributed by atoms with Crippen molar-refractivity contribution >= 4 is 25.6 Å². The number of rotatable bonds is 6. The number of thioether (sulfide) groups is 1. The molecule has 0 amide bonds. The first kappa shape index (κ1) is 17.7. The van der Waals surface area contributed by atoms with E-state index in [1.807, 2.05) is 18.2 Å². The van der Waals surface area contributed by atoms with Gasteiger partial charge in [0.15, 0.2) is 5.78 Å². The van der Waals surface area contributed by atoms with Crippen molar-refractivity contribution in [1.29, 1.82) is 0 Å². The highest BCUT2D eigenvalue weighted by Gasteiger charge is 2.21. The first-order valence-electron chi connectivity index (χ1n) is 7.55. The molecule has 0 bridgehead atoms. The summed E-state index contributed by atoms with van der Waals surface area (Å²) in [6.45, 7) is 6.69. The highest BCUT2D eigenvalue weighted by atomic mass is 32.2. The van der Waals surface area contributed by atoms with Gasteiger partial charge in [-0.05, 0) is 40.4 Å². The van der Waals surface area contributed by atoms with Crippen LogP contribution in [0.4, 0.5) is 4.39 Å². The zero-order valence-electron chi connectivity index (χ0n) is 13.7. The van der Waals surface area contributed by atoms with Crippen LogP contribution >= 0.6 is 11.8 Å². The van der Waals surface area contributed by atoms with Crippen LogP contribution in [-0.4, -0.2) is 13.9 Å². The SMILES string of the molecule is C[Si](C)(C)/C(=C\C(=O)c1ccc(F)cc1)SCc1ccccc1. The second-order valence-corrected chi connectivity index (χ2v) is 12.8. The number of ketones is 1. The number of hydrogen-bond donors (Lipinski definition) is 0. The van der Waals surface area contributed by atoms with E-state index in [4.69, 9.17) is 0 Å². The first-order chi connectivity index (χ1) is 10.9. The lowest BCUT2D eigenvalue weighted by molar-refractivity contribution is 0.104. The third-order valence-corrected chi connectivity index (χ3v) is 8.17. The van der Waals surface area contributed by atoms with Crippen molar-refractivity contribution in [2.24, 2.45) is 0 Å². The third-order valence-electron chi connectivity index (χ3n) is 3.37. The van der Waals surface area contributed by atoms with Gasteiger partial charge in [-0.1, -0.05) is 50.0 Å². The van der Waals surface area contributed by atoms with E-state index in [-0.39, 0.29) is 11.6 Å². The van der Waals surface area contributed by atoms with Crippen molar-refractivity contribution in [3.05, 3.63) is 82.1 Å². The summed E-state index contributed by atoms with van der Waals surface area (Å²) in [5.41, 5.74) is 1.78. The third kappa shape index (κ3) is 5.48. The molecule has 0 aliphatic rings. The minimum Gasteiger partial charge on any atom is -0.289 e. The summed E-state index contributed by atoms with van der Waals surface area (Å²) in [4.78, 5) is 12.4. The molecule has 2 aromatic carbocycles. The van der Waals surface area contributed by atoms with E-state index >= 15 is 0 Å². The number of allylic oxidation sites excluding steroid dienone is 1. The van der Waals surface area contributed by atoms with Crippen molar-refractivity contribution in [2.75, 3.05) is 0 Å². The lowest BCUT2D eigenvalue weighted by atomic mass is 10.1. The van der Waals surface area contributed by atoms with Gasteiger partial charge in [-0.3, -0.25) is 4.79 Å². The van der Waals surface area contributed by atoms with E-state index in [0.29, 0.717) is 5.56 Å². The second kappa shape index (κ2) is 7.75. The fourth-order valence-electron chi connectivity index (χ4n) is 2.03. The molecule has 1 nitrogen and oxygen atoms in total. The van der Waals surface area contributed by atoms with Gasteiger partial charge in [0.05, 0.1) is 8.07 Å². The summed E-state index contributed by atoms with van der Waals surface area (Å²) in [7, 11) is -1.62. The molecule has 0 saturated heterocycles. The molecule has 0 spiro atoms. The fraction of sp³-hybridized carbons (Fsp3) is 0.211. The quantitative estimate of drug-likeness (QED) is 0.380. The van der Waals surface area contributed by atoms with Crippen LogP contribution in [0.2, 0.25) is 19.6 Å². The van der Waals surface area contributed by atoms with Crippen LogP contribution in [0.25, 0.3) is 0 Å². The zero-order chi connectivity index (χ0) is 16.9. The number of hydrogen-bond acceptors (Lipinski definition) is 2. The van der Waals surface area contributed by atoms with Crippen LogP contribution in [0, 0.1) is 5.82 Å². The number of halogens is 1. The lowest BCUT2D eigenvalue weighted by Gasteiger charge is -2.20. The number of carbonyl (C=O) groups excluding carboxylic acids is 1. The zero-order valence-corrected chi connectivity index (χ0v) is 15.5. The molecule has 0 aliphatic heterocycles. The van der Waals surface area contributed by atoms with Gasteiger partial charge >= 0.3 is 0 Å². The van der Waals surface area contributed by atoms with E-state index in [1.54, 1.807) is 17.8 Å². The molecule has 120 valence electrons. The Labute approximate surface area is 142 Å². The highest BCUT2D eigenvalue weighted by Crippen LogP contribution is 2.30. The Balaban J connectivity index is 2.17. The Bertz CT molecular complexity index is 688. The summed E-state index contributed by atoms with van der Waals surface area (Å²) in [6, 6.07) is 16.0. The second-order valence-electron chi connectivity index (χ2n) is 6.40. The van der Waals surface area contributed by atoms with Crippen molar-refractivity contribution in [3.8, 4) is 0 Å². The van der Waals surface area contributed by atoms with Crippen LogP contribution in [0.3, 0.4) is 0 Å². The smallest absolute Gasteiger partial charge is 0.186 e. The summed E-state index contributed by atoms with van der Waals surface area (Å²) in [6.07, 6.45) is 1.74. The lowest BCUT2D eigenvalue weighted by Crippen LogP contribution is -2.23. The average Bonchev–Trinajstić information content (AvgIpc) is 2.51. The highest BCUT2D eigenvalue weighted by molar-refractivity contribution is 8.04. The van der Waals surface area contributed by atoms with Crippen molar-refractivity contribution in [3.63, 3.8) is 0 Å². The molecule has 0 unspecified atom stereocenters. The van der Waals surface area contributed by atoms with Gasteiger partial charge in [-0.25, -0.2) is 4.39 Å². The summed E-state index contributed by atoms with van der Waals surface area (Å²) in [5, 5.41) is 0. The molecular formula is C19H21FOSSi. The van der Waals surface area contributed by atoms with Gasteiger partial charge in [0.1, 0.15) is 5.82 Å². The van der Waals surface area contributed by atoms with Gasteiger partial charge in [0.25, 0.3) is 0 Å². The van der Waals surface area contributed by atoms with Gasteiger partial charge < -0.3 is 0 Å². The molecule has 0 saturated carbocycles. The fourth-order valence-corrected chi connectivity index (χ4v) is 5.24.